The van der Waals surface area contributed by atoms with Gasteiger partial charge in [0.25, 0.3) is 0 Å². The summed E-state index contributed by atoms with van der Waals surface area (Å²) in [6, 6.07) is 67.1. The molecular formula is C62H66O12. The van der Waals surface area contributed by atoms with Gasteiger partial charge in [-0.25, -0.2) is 0 Å². The molecule has 10 atom stereocenters. The van der Waals surface area contributed by atoms with Crippen LogP contribution in [0.15, 0.2) is 206 Å². The van der Waals surface area contributed by atoms with E-state index in [0.717, 1.165) is 38.9 Å². The molecular weight excluding hydrogens is 937 g/mol. The third-order valence-corrected chi connectivity index (χ3v) is 13.0. The van der Waals surface area contributed by atoms with Crippen molar-refractivity contribution in [3.8, 4) is 5.75 Å². The first-order valence-corrected chi connectivity index (χ1v) is 25.3. The van der Waals surface area contributed by atoms with Crippen LogP contribution in [0.2, 0.25) is 0 Å². The number of ether oxygens (including phenoxy) is 11. The van der Waals surface area contributed by atoms with Crippen LogP contribution in [-0.4, -0.2) is 86.8 Å². The van der Waals surface area contributed by atoms with Crippen molar-refractivity contribution in [1.29, 1.82) is 0 Å². The van der Waals surface area contributed by atoms with Crippen LogP contribution in [0.25, 0.3) is 0 Å². The van der Waals surface area contributed by atoms with Crippen LogP contribution in [0.1, 0.15) is 38.9 Å². The Morgan fingerprint density at radius 3 is 1.11 bits per heavy atom. The SMILES string of the molecule is COc1ccc(CO[C@H]2[C@@H](O)[C@@H](COCc3ccccc3)O[C@@H](O[C@H]3[C@H](OCc4ccccc4)[C@@H](OCc4ccccc4)[C@H](OCc4ccccc4)O[C@@H]3COCc3ccccc3)[C@@H]2OCc2ccccc2)cc1. The number of aliphatic hydroxyl groups excluding tert-OH is 1. The van der Waals surface area contributed by atoms with Gasteiger partial charge in [-0.05, 0) is 51.1 Å². The standard InChI is InChI=1S/C62H66O12/c1-64-52-34-32-51(33-35-52)41-67-57-55(63)53(43-65-36-45-20-8-2-9-21-45)72-62(59(57)69-39-48-26-14-5-15-27-48)74-56-54(44-66-37-46-22-10-3-11-23-46)73-61(71-42-50-30-18-7-19-31-50)60(70-40-49-28-16-6-17-29-49)58(56)68-38-47-24-12-4-13-25-47/h2-35,53-63H,36-44H2,1H3/t53-,54-,55+,56-,57+,58+,59-,60-,61-,62+/m1/s1. The largest absolute Gasteiger partial charge is 0.497 e. The van der Waals surface area contributed by atoms with Crippen LogP contribution in [0, 0.1) is 0 Å². The number of hydrogen-bond donors (Lipinski definition) is 1. The fourth-order valence-electron chi connectivity index (χ4n) is 9.04. The Labute approximate surface area is 434 Å². The van der Waals surface area contributed by atoms with Gasteiger partial charge in [-0.2, -0.15) is 0 Å². The lowest BCUT2D eigenvalue weighted by Crippen LogP contribution is -2.66. The lowest BCUT2D eigenvalue weighted by atomic mass is 9.96. The van der Waals surface area contributed by atoms with E-state index in [1.807, 2.05) is 206 Å². The van der Waals surface area contributed by atoms with Crippen molar-refractivity contribution in [2.75, 3.05) is 20.3 Å². The van der Waals surface area contributed by atoms with E-state index in [9.17, 15) is 5.11 Å². The third-order valence-electron chi connectivity index (χ3n) is 13.0. The Morgan fingerprint density at radius 2 is 0.676 bits per heavy atom. The van der Waals surface area contributed by atoms with Gasteiger partial charge in [0.1, 0.15) is 54.6 Å². The normalized spacial score (nSPS) is 23.8. The lowest BCUT2D eigenvalue weighted by molar-refractivity contribution is -0.376. The highest BCUT2D eigenvalue weighted by molar-refractivity contribution is 5.27. The Kier molecular flexibility index (Phi) is 19.9. The van der Waals surface area contributed by atoms with Crippen molar-refractivity contribution < 1.29 is 57.2 Å². The molecule has 2 aliphatic rings. The molecule has 0 amide bonds. The highest BCUT2D eigenvalue weighted by Gasteiger charge is 2.54. The zero-order valence-electron chi connectivity index (χ0n) is 41.7. The summed E-state index contributed by atoms with van der Waals surface area (Å²) in [5.74, 6) is 0.716. The number of rotatable bonds is 26. The van der Waals surface area contributed by atoms with Crippen LogP contribution in [0.4, 0.5) is 0 Å². The van der Waals surface area contributed by atoms with E-state index < -0.39 is 61.4 Å². The summed E-state index contributed by atoms with van der Waals surface area (Å²) in [5.41, 5.74) is 6.61. The molecule has 386 valence electrons. The van der Waals surface area contributed by atoms with E-state index in [1.165, 1.54) is 0 Å². The van der Waals surface area contributed by atoms with Crippen molar-refractivity contribution >= 4 is 0 Å². The van der Waals surface area contributed by atoms with Gasteiger partial charge in [0.15, 0.2) is 12.6 Å². The molecule has 0 spiro atoms. The molecule has 0 aromatic heterocycles. The van der Waals surface area contributed by atoms with Gasteiger partial charge in [0.05, 0.1) is 66.6 Å². The second-order valence-corrected chi connectivity index (χ2v) is 18.4. The second kappa shape index (κ2) is 28.0. The Morgan fingerprint density at radius 1 is 0.338 bits per heavy atom. The first-order chi connectivity index (χ1) is 36.6. The first kappa shape index (κ1) is 52.8. The van der Waals surface area contributed by atoms with Crippen LogP contribution in [-0.2, 0) is 93.6 Å². The molecule has 1 N–H and O–H groups in total. The molecule has 0 saturated carbocycles. The predicted molar refractivity (Wildman–Crippen MR) is 278 cm³/mol. The fraction of sp³-hybridized carbons (Fsp3) is 0.323. The topological polar surface area (TPSA) is 122 Å². The maximum absolute atomic E-state index is 12.4. The van der Waals surface area contributed by atoms with Gasteiger partial charge < -0.3 is 57.2 Å². The number of benzene rings is 7. The van der Waals surface area contributed by atoms with Crippen molar-refractivity contribution in [3.05, 3.63) is 245 Å². The molecule has 2 heterocycles. The Hall–Kier alpha value is -6.10. The summed E-state index contributed by atoms with van der Waals surface area (Å²) >= 11 is 0. The van der Waals surface area contributed by atoms with E-state index in [2.05, 4.69) is 0 Å². The maximum Gasteiger partial charge on any atom is 0.187 e. The van der Waals surface area contributed by atoms with Gasteiger partial charge in [-0.3, -0.25) is 0 Å². The minimum atomic E-state index is -1.21. The number of methoxy groups -OCH3 is 1. The zero-order valence-corrected chi connectivity index (χ0v) is 41.7. The molecule has 2 aliphatic heterocycles. The van der Waals surface area contributed by atoms with Gasteiger partial charge in [-0.1, -0.05) is 194 Å². The summed E-state index contributed by atoms with van der Waals surface area (Å²) in [6.45, 7) is 1.67. The highest BCUT2D eigenvalue weighted by atomic mass is 16.8. The smallest absolute Gasteiger partial charge is 0.187 e. The Balaban J connectivity index is 1.09. The van der Waals surface area contributed by atoms with Crippen LogP contribution in [0.5, 0.6) is 5.75 Å². The van der Waals surface area contributed by atoms with Crippen molar-refractivity contribution in [2.45, 2.75) is 108 Å². The molecule has 0 unspecified atom stereocenters. The van der Waals surface area contributed by atoms with Crippen molar-refractivity contribution in [1.82, 2.24) is 0 Å². The number of aliphatic hydroxyl groups is 1. The molecule has 7 aromatic carbocycles. The fourth-order valence-corrected chi connectivity index (χ4v) is 9.04. The average Bonchev–Trinajstić information content (AvgIpc) is 3.46. The van der Waals surface area contributed by atoms with Gasteiger partial charge in [-0.15, -0.1) is 0 Å². The average molecular weight is 1000 g/mol. The van der Waals surface area contributed by atoms with E-state index in [0.29, 0.717) is 19.0 Å². The molecule has 0 radical (unpaired) electrons. The maximum atomic E-state index is 12.4. The van der Waals surface area contributed by atoms with Gasteiger partial charge in [0.2, 0.25) is 0 Å². The van der Waals surface area contributed by atoms with Gasteiger partial charge >= 0.3 is 0 Å². The number of hydrogen-bond acceptors (Lipinski definition) is 12. The molecule has 0 aliphatic carbocycles. The van der Waals surface area contributed by atoms with E-state index in [4.69, 9.17) is 52.1 Å². The summed E-state index contributed by atoms with van der Waals surface area (Å²) in [7, 11) is 1.63. The minimum absolute atomic E-state index is 0.0145. The van der Waals surface area contributed by atoms with Crippen LogP contribution in [0.3, 0.4) is 0 Å². The molecule has 12 nitrogen and oxygen atoms in total. The molecule has 9 rings (SSSR count). The van der Waals surface area contributed by atoms with E-state index >= 15 is 0 Å². The summed E-state index contributed by atoms with van der Waals surface area (Å²) in [5, 5.41) is 12.4. The molecule has 0 bridgehead atoms. The summed E-state index contributed by atoms with van der Waals surface area (Å²) in [4.78, 5) is 0. The first-order valence-electron chi connectivity index (χ1n) is 25.3. The van der Waals surface area contributed by atoms with Crippen LogP contribution < -0.4 is 4.74 Å². The zero-order chi connectivity index (χ0) is 50.6. The van der Waals surface area contributed by atoms with Gasteiger partial charge in [0, 0.05) is 0 Å². The van der Waals surface area contributed by atoms with E-state index in [-0.39, 0.29) is 46.2 Å². The summed E-state index contributed by atoms with van der Waals surface area (Å²) < 4.78 is 74.1. The monoisotopic (exact) mass is 1000 g/mol. The Bertz CT molecular complexity index is 2620. The second-order valence-electron chi connectivity index (χ2n) is 18.4. The van der Waals surface area contributed by atoms with E-state index in [1.54, 1.807) is 7.11 Å². The third kappa shape index (κ3) is 15.3. The van der Waals surface area contributed by atoms with Crippen molar-refractivity contribution in [2.24, 2.45) is 0 Å². The predicted octanol–water partition coefficient (Wildman–Crippen LogP) is 10.2. The van der Waals surface area contributed by atoms with Crippen molar-refractivity contribution in [3.63, 3.8) is 0 Å². The minimum Gasteiger partial charge on any atom is -0.497 e. The molecule has 12 heteroatoms. The summed E-state index contributed by atoms with van der Waals surface area (Å²) in [6.07, 6.45) is -9.67. The molecule has 7 aromatic rings. The van der Waals surface area contributed by atoms with Crippen LogP contribution >= 0.6 is 0 Å². The lowest BCUT2D eigenvalue weighted by Gasteiger charge is -2.49. The molecule has 74 heavy (non-hydrogen) atoms. The molecule has 2 fully saturated rings. The highest BCUT2D eigenvalue weighted by Crippen LogP contribution is 2.36. The molecule has 2 saturated heterocycles. The quantitative estimate of drug-likeness (QED) is 0.0556.